The van der Waals surface area contributed by atoms with Crippen molar-refractivity contribution in [2.24, 2.45) is 0 Å². The Morgan fingerprint density at radius 2 is 2.17 bits per heavy atom. The highest BCUT2D eigenvalue weighted by molar-refractivity contribution is 5.23. The second kappa shape index (κ2) is 4.97. The Morgan fingerprint density at radius 3 is 2.83 bits per heavy atom. The summed E-state index contributed by atoms with van der Waals surface area (Å²) in [6.45, 7) is 4.36. The van der Waals surface area contributed by atoms with Crippen molar-refractivity contribution in [1.82, 2.24) is 0 Å². The van der Waals surface area contributed by atoms with Crippen molar-refractivity contribution in [1.29, 1.82) is 0 Å². The molecule has 0 saturated carbocycles. The lowest BCUT2D eigenvalue weighted by Crippen LogP contribution is -1.86. The molecule has 0 aromatic heterocycles. The highest BCUT2D eigenvalue weighted by Crippen LogP contribution is 2.07. The topological polar surface area (TPSA) is 0 Å². The SMILES string of the molecule is CCC[CH]Cc1cccc(C)c1. The van der Waals surface area contributed by atoms with Crippen LogP contribution in [0.2, 0.25) is 0 Å². The van der Waals surface area contributed by atoms with Crippen LogP contribution in [0.15, 0.2) is 24.3 Å². The normalized spacial score (nSPS) is 10.2. The second-order valence-corrected chi connectivity index (χ2v) is 3.27. The number of hydrogen-bond donors (Lipinski definition) is 0. The van der Waals surface area contributed by atoms with Gasteiger partial charge in [-0.15, -0.1) is 0 Å². The summed E-state index contributed by atoms with van der Waals surface area (Å²) in [4.78, 5) is 0. The van der Waals surface area contributed by atoms with Gasteiger partial charge in [-0.05, 0) is 25.3 Å². The molecule has 0 saturated heterocycles. The second-order valence-electron chi connectivity index (χ2n) is 3.27. The fraction of sp³-hybridized carbons (Fsp3) is 0.417. The lowest BCUT2D eigenvalue weighted by atomic mass is 10.1. The van der Waals surface area contributed by atoms with Gasteiger partial charge >= 0.3 is 0 Å². The molecular weight excluding hydrogens is 144 g/mol. The summed E-state index contributed by atoms with van der Waals surface area (Å²) in [5, 5.41) is 0. The minimum absolute atomic E-state index is 1.12. The number of aryl methyl sites for hydroxylation is 1. The van der Waals surface area contributed by atoms with Gasteiger partial charge < -0.3 is 0 Å². The van der Waals surface area contributed by atoms with Crippen LogP contribution < -0.4 is 0 Å². The van der Waals surface area contributed by atoms with E-state index >= 15 is 0 Å². The molecule has 0 nitrogen and oxygen atoms in total. The smallest absolute Gasteiger partial charge is 0.0248 e. The monoisotopic (exact) mass is 161 g/mol. The Morgan fingerprint density at radius 1 is 1.33 bits per heavy atom. The Balaban J connectivity index is 2.41. The first-order valence-corrected chi connectivity index (χ1v) is 4.70. The molecule has 0 aliphatic carbocycles. The molecule has 0 unspecified atom stereocenters. The maximum absolute atomic E-state index is 2.36. The van der Waals surface area contributed by atoms with Gasteiger partial charge in [0.15, 0.2) is 0 Å². The first-order valence-electron chi connectivity index (χ1n) is 4.70. The van der Waals surface area contributed by atoms with Gasteiger partial charge in [0.2, 0.25) is 0 Å². The van der Waals surface area contributed by atoms with Gasteiger partial charge in [0.25, 0.3) is 0 Å². The largest absolute Gasteiger partial charge is 0.0654 e. The highest BCUT2D eigenvalue weighted by atomic mass is 14.0. The van der Waals surface area contributed by atoms with Crippen LogP contribution in [0.4, 0.5) is 0 Å². The Labute approximate surface area is 75.6 Å². The van der Waals surface area contributed by atoms with Gasteiger partial charge in [-0.1, -0.05) is 49.6 Å². The molecule has 0 heteroatoms. The average molecular weight is 161 g/mol. The molecule has 0 bridgehead atoms. The Hall–Kier alpha value is -0.780. The van der Waals surface area contributed by atoms with E-state index in [1.807, 2.05) is 0 Å². The molecular formula is C12H17. The molecule has 0 amide bonds. The van der Waals surface area contributed by atoms with Crippen LogP contribution in [0, 0.1) is 13.3 Å². The first-order chi connectivity index (χ1) is 5.83. The lowest BCUT2D eigenvalue weighted by Gasteiger charge is -2.00. The third-order valence-electron chi connectivity index (χ3n) is 1.96. The molecule has 0 spiro atoms. The van der Waals surface area contributed by atoms with E-state index in [4.69, 9.17) is 0 Å². The average Bonchev–Trinajstić information content (AvgIpc) is 2.05. The molecule has 0 heterocycles. The highest BCUT2D eigenvalue weighted by Gasteiger charge is 1.92. The van der Waals surface area contributed by atoms with Gasteiger partial charge in [0, 0.05) is 0 Å². The van der Waals surface area contributed by atoms with Gasteiger partial charge in [0.1, 0.15) is 0 Å². The summed E-state index contributed by atoms with van der Waals surface area (Å²) in [6.07, 6.45) is 5.96. The number of benzene rings is 1. The maximum Gasteiger partial charge on any atom is -0.0248 e. The number of unbranched alkanes of at least 4 members (excludes halogenated alkanes) is 2. The zero-order chi connectivity index (χ0) is 8.81. The van der Waals surface area contributed by atoms with Crippen LogP contribution in [-0.4, -0.2) is 0 Å². The van der Waals surface area contributed by atoms with E-state index in [9.17, 15) is 0 Å². The molecule has 0 aliphatic heterocycles. The number of rotatable bonds is 4. The molecule has 1 radical (unpaired) electrons. The fourth-order valence-electron chi connectivity index (χ4n) is 1.31. The van der Waals surface area contributed by atoms with E-state index in [1.54, 1.807) is 0 Å². The van der Waals surface area contributed by atoms with Crippen molar-refractivity contribution >= 4 is 0 Å². The molecule has 0 N–H and O–H groups in total. The van der Waals surface area contributed by atoms with Gasteiger partial charge in [0.05, 0.1) is 0 Å². The summed E-state index contributed by atoms with van der Waals surface area (Å²) in [7, 11) is 0. The molecule has 12 heavy (non-hydrogen) atoms. The van der Waals surface area contributed by atoms with E-state index in [-0.39, 0.29) is 0 Å². The van der Waals surface area contributed by atoms with Crippen LogP contribution in [-0.2, 0) is 6.42 Å². The Bertz CT molecular complexity index is 225. The molecule has 65 valence electrons. The van der Waals surface area contributed by atoms with Crippen LogP contribution in [0.1, 0.15) is 30.9 Å². The fourth-order valence-corrected chi connectivity index (χ4v) is 1.31. The standard InChI is InChI=1S/C12H17/c1-3-4-5-8-12-9-6-7-11(2)10-12/h5-7,9-10H,3-4,8H2,1-2H3. The summed E-state index contributed by atoms with van der Waals surface area (Å²) in [6, 6.07) is 8.72. The molecule has 1 aromatic carbocycles. The van der Waals surface area contributed by atoms with Crippen LogP contribution in [0.25, 0.3) is 0 Å². The van der Waals surface area contributed by atoms with E-state index in [0.717, 1.165) is 6.42 Å². The molecule has 0 fully saturated rings. The predicted octanol–water partition coefficient (Wildman–Crippen LogP) is 3.54. The summed E-state index contributed by atoms with van der Waals surface area (Å²) in [5.41, 5.74) is 2.79. The van der Waals surface area contributed by atoms with Crippen molar-refractivity contribution in [2.45, 2.75) is 33.1 Å². The van der Waals surface area contributed by atoms with Crippen molar-refractivity contribution in [3.8, 4) is 0 Å². The summed E-state index contributed by atoms with van der Waals surface area (Å²) >= 11 is 0. The third kappa shape index (κ3) is 3.08. The van der Waals surface area contributed by atoms with Gasteiger partial charge in [-0.2, -0.15) is 0 Å². The van der Waals surface area contributed by atoms with Crippen molar-refractivity contribution < 1.29 is 0 Å². The van der Waals surface area contributed by atoms with E-state index in [2.05, 4.69) is 44.5 Å². The van der Waals surface area contributed by atoms with E-state index in [1.165, 1.54) is 24.0 Å². The zero-order valence-electron chi connectivity index (χ0n) is 8.01. The minimum Gasteiger partial charge on any atom is -0.0654 e. The molecule has 0 atom stereocenters. The summed E-state index contributed by atoms with van der Waals surface area (Å²) < 4.78 is 0. The minimum atomic E-state index is 1.12. The zero-order valence-corrected chi connectivity index (χ0v) is 8.01. The Kier molecular flexibility index (Phi) is 3.86. The van der Waals surface area contributed by atoms with Gasteiger partial charge in [-0.25, -0.2) is 0 Å². The third-order valence-corrected chi connectivity index (χ3v) is 1.96. The van der Waals surface area contributed by atoms with Crippen molar-refractivity contribution in [2.75, 3.05) is 0 Å². The first kappa shape index (κ1) is 9.31. The molecule has 1 rings (SSSR count). The van der Waals surface area contributed by atoms with Crippen LogP contribution in [0.3, 0.4) is 0 Å². The van der Waals surface area contributed by atoms with Gasteiger partial charge in [-0.3, -0.25) is 0 Å². The van der Waals surface area contributed by atoms with Crippen molar-refractivity contribution in [3.63, 3.8) is 0 Å². The quantitative estimate of drug-likeness (QED) is 0.592. The summed E-state index contributed by atoms with van der Waals surface area (Å²) in [5.74, 6) is 0. The molecule has 0 aliphatic rings. The van der Waals surface area contributed by atoms with Crippen LogP contribution >= 0.6 is 0 Å². The number of hydrogen-bond acceptors (Lipinski definition) is 0. The van der Waals surface area contributed by atoms with Crippen molar-refractivity contribution in [3.05, 3.63) is 41.8 Å². The molecule has 1 aromatic rings. The van der Waals surface area contributed by atoms with E-state index in [0.29, 0.717) is 0 Å². The maximum atomic E-state index is 2.36. The van der Waals surface area contributed by atoms with Crippen LogP contribution in [0.5, 0.6) is 0 Å². The van der Waals surface area contributed by atoms with E-state index < -0.39 is 0 Å². The lowest BCUT2D eigenvalue weighted by molar-refractivity contribution is 0.864. The predicted molar refractivity (Wildman–Crippen MR) is 54.1 cm³/mol.